The maximum atomic E-state index is 12.8. The first-order valence-corrected chi connectivity index (χ1v) is 25.1. The van der Waals surface area contributed by atoms with Gasteiger partial charge in [-0.25, -0.2) is 0 Å². The van der Waals surface area contributed by atoms with Crippen molar-refractivity contribution in [2.45, 2.75) is 258 Å². The van der Waals surface area contributed by atoms with E-state index in [4.69, 9.17) is 14.2 Å². The van der Waals surface area contributed by atoms with Crippen molar-refractivity contribution in [3.63, 3.8) is 0 Å². The van der Waals surface area contributed by atoms with Gasteiger partial charge in [-0.2, -0.15) is 0 Å². The summed E-state index contributed by atoms with van der Waals surface area (Å²) in [5.41, 5.74) is 0. The molecule has 0 aromatic heterocycles. The minimum atomic E-state index is -0.784. The molecular weight excluding hydrogens is 733 g/mol. The smallest absolute Gasteiger partial charge is 0.306 e. The highest BCUT2D eigenvalue weighted by molar-refractivity contribution is 5.71. The maximum absolute atomic E-state index is 12.8. The molecular formula is C53H94O6. The molecule has 1 atom stereocenters. The highest BCUT2D eigenvalue weighted by atomic mass is 16.6. The summed E-state index contributed by atoms with van der Waals surface area (Å²) in [6.07, 6.45) is 56.6. The summed E-state index contributed by atoms with van der Waals surface area (Å²) in [5.74, 6) is -0.913. The molecule has 0 heterocycles. The molecule has 6 heteroatoms. The molecule has 0 fully saturated rings. The normalized spacial score (nSPS) is 12.4. The second kappa shape index (κ2) is 48.0. The number of hydrogen-bond acceptors (Lipinski definition) is 6. The lowest BCUT2D eigenvalue weighted by atomic mass is 10.1. The van der Waals surface area contributed by atoms with Crippen molar-refractivity contribution in [3.05, 3.63) is 48.6 Å². The second-order valence-electron chi connectivity index (χ2n) is 16.7. The largest absolute Gasteiger partial charge is 0.462 e. The van der Waals surface area contributed by atoms with Crippen LogP contribution >= 0.6 is 0 Å². The SMILES string of the molecule is CCCCC/C=C\CCCCCCCC(=O)OCC(COC(=O)CCCCCCC/C=C\C/C=C\CCCCCC)OC(=O)CCCCCCC/C=C\CCCCCC. The van der Waals surface area contributed by atoms with Gasteiger partial charge in [0.1, 0.15) is 13.2 Å². The molecule has 1 unspecified atom stereocenters. The fraction of sp³-hybridized carbons (Fsp3) is 0.792. The van der Waals surface area contributed by atoms with Crippen LogP contribution in [0.15, 0.2) is 48.6 Å². The van der Waals surface area contributed by atoms with E-state index >= 15 is 0 Å². The predicted molar refractivity (Wildman–Crippen MR) is 252 cm³/mol. The van der Waals surface area contributed by atoms with Crippen molar-refractivity contribution in [1.82, 2.24) is 0 Å². The molecule has 6 nitrogen and oxygen atoms in total. The van der Waals surface area contributed by atoms with Crippen LogP contribution in [0.2, 0.25) is 0 Å². The Bertz CT molecular complexity index is 1040. The first kappa shape index (κ1) is 56.4. The van der Waals surface area contributed by atoms with E-state index in [9.17, 15) is 14.4 Å². The van der Waals surface area contributed by atoms with Gasteiger partial charge in [-0.15, -0.1) is 0 Å². The Labute approximate surface area is 365 Å². The molecule has 0 aliphatic heterocycles. The van der Waals surface area contributed by atoms with Gasteiger partial charge in [0, 0.05) is 19.3 Å². The molecule has 0 rings (SSSR count). The molecule has 0 saturated heterocycles. The molecule has 0 N–H and O–H groups in total. The van der Waals surface area contributed by atoms with Crippen LogP contribution in [0.4, 0.5) is 0 Å². The van der Waals surface area contributed by atoms with Crippen LogP contribution in [-0.2, 0) is 28.6 Å². The summed E-state index contributed by atoms with van der Waals surface area (Å²) < 4.78 is 16.7. The Morgan fingerprint density at radius 1 is 0.339 bits per heavy atom. The van der Waals surface area contributed by atoms with Gasteiger partial charge in [0.15, 0.2) is 6.10 Å². The molecule has 0 amide bonds. The summed E-state index contributed by atoms with van der Waals surface area (Å²) in [6.45, 7) is 6.56. The fourth-order valence-corrected chi connectivity index (χ4v) is 6.93. The van der Waals surface area contributed by atoms with Gasteiger partial charge < -0.3 is 14.2 Å². The molecule has 0 aromatic rings. The van der Waals surface area contributed by atoms with E-state index < -0.39 is 6.10 Å². The Morgan fingerprint density at radius 3 is 0.983 bits per heavy atom. The number of allylic oxidation sites excluding steroid dienone is 8. The predicted octanol–water partition coefficient (Wildman–Crippen LogP) is 16.3. The molecule has 0 aromatic carbocycles. The van der Waals surface area contributed by atoms with Crippen molar-refractivity contribution in [1.29, 1.82) is 0 Å². The first-order valence-electron chi connectivity index (χ1n) is 25.1. The van der Waals surface area contributed by atoms with E-state index in [1.54, 1.807) is 0 Å². The van der Waals surface area contributed by atoms with Gasteiger partial charge in [-0.3, -0.25) is 14.4 Å². The zero-order valence-corrected chi connectivity index (χ0v) is 39.0. The molecule has 0 spiro atoms. The van der Waals surface area contributed by atoms with E-state index in [2.05, 4.69) is 69.4 Å². The Hall–Kier alpha value is -2.63. The van der Waals surface area contributed by atoms with E-state index in [1.807, 2.05) is 0 Å². The zero-order chi connectivity index (χ0) is 43.0. The third-order valence-corrected chi connectivity index (χ3v) is 10.8. The van der Waals surface area contributed by atoms with Gasteiger partial charge in [0.2, 0.25) is 0 Å². The zero-order valence-electron chi connectivity index (χ0n) is 39.0. The van der Waals surface area contributed by atoms with Crippen LogP contribution in [-0.4, -0.2) is 37.2 Å². The quantitative estimate of drug-likeness (QED) is 0.0263. The van der Waals surface area contributed by atoms with Gasteiger partial charge in [-0.05, 0) is 103 Å². The Kier molecular flexibility index (Phi) is 45.9. The van der Waals surface area contributed by atoms with Crippen LogP contribution in [0.25, 0.3) is 0 Å². The van der Waals surface area contributed by atoms with Crippen LogP contribution in [0.3, 0.4) is 0 Å². The van der Waals surface area contributed by atoms with Gasteiger partial charge >= 0.3 is 17.9 Å². The van der Waals surface area contributed by atoms with E-state index in [0.29, 0.717) is 19.3 Å². The summed E-state index contributed by atoms with van der Waals surface area (Å²) in [4.78, 5) is 37.9. The summed E-state index contributed by atoms with van der Waals surface area (Å²) in [7, 11) is 0. The van der Waals surface area contributed by atoms with Crippen LogP contribution in [0.5, 0.6) is 0 Å². The minimum Gasteiger partial charge on any atom is -0.462 e. The maximum Gasteiger partial charge on any atom is 0.306 e. The van der Waals surface area contributed by atoms with Crippen LogP contribution < -0.4 is 0 Å². The number of esters is 3. The fourth-order valence-electron chi connectivity index (χ4n) is 6.93. The summed E-state index contributed by atoms with van der Waals surface area (Å²) in [5, 5.41) is 0. The number of carbonyl (C=O) groups excluding carboxylic acids is 3. The lowest BCUT2D eigenvalue weighted by Crippen LogP contribution is -2.30. The monoisotopic (exact) mass is 827 g/mol. The highest BCUT2D eigenvalue weighted by Gasteiger charge is 2.19. The average molecular weight is 827 g/mol. The van der Waals surface area contributed by atoms with E-state index in [0.717, 1.165) is 96.3 Å². The topological polar surface area (TPSA) is 78.9 Å². The molecule has 59 heavy (non-hydrogen) atoms. The number of hydrogen-bond donors (Lipinski definition) is 0. The molecule has 0 radical (unpaired) electrons. The van der Waals surface area contributed by atoms with Crippen molar-refractivity contribution < 1.29 is 28.6 Å². The lowest BCUT2D eigenvalue weighted by molar-refractivity contribution is -0.167. The summed E-state index contributed by atoms with van der Waals surface area (Å²) >= 11 is 0. The van der Waals surface area contributed by atoms with Crippen LogP contribution in [0.1, 0.15) is 252 Å². The van der Waals surface area contributed by atoms with E-state index in [1.165, 1.54) is 116 Å². The third kappa shape index (κ3) is 46.3. The first-order chi connectivity index (χ1) is 29.0. The van der Waals surface area contributed by atoms with E-state index in [-0.39, 0.29) is 31.1 Å². The highest BCUT2D eigenvalue weighted by Crippen LogP contribution is 2.14. The van der Waals surface area contributed by atoms with Crippen molar-refractivity contribution in [2.75, 3.05) is 13.2 Å². The number of carbonyl (C=O) groups is 3. The number of rotatable bonds is 45. The van der Waals surface area contributed by atoms with Gasteiger partial charge in [0.25, 0.3) is 0 Å². The summed E-state index contributed by atoms with van der Waals surface area (Å²) in [6, 6.07) is 0. The third-order valence-electron chi connectivity index (χ3n) is 10.8. The number of unbranched alkanes of at least 4 members (excludes halogenated alkanes) is 26. The van der Waals surface area contributed by atoms with Crippen molar-refractivity contribution >= 4 is 17.9 Å². The molecule has 0 aliphatic carbocycles. The Balaban J connectivity index is 4.41. The average Bonchev–Trinajstić information content (AvgIpc) is 3.23. The van der Waals surface area contributed by atoms with Crippen molar-refractivity contribution in [2.24, 2.45) is 0 Å². The van der Waals surface area contributed by atoms with Crippen LogP contribution in [0, 0.1) is 0 Å². The molecule has 0 bridgehead atoms. The standard InChI is InChI=1S/C53H94O6/c1-4-7-10-13-16-19-22-25-26-27-29-31-34-37-40-43-46-52(55)58-49-50(48-57-51(54)45-42-39-36-33-30-24-21-18-15-12-9-6-3)59-53(56)47-44-41-38-35-32-28-23-20-17-14-11-8-5-2/h18-23,26-27,50H,4-17,24-25,28-49H2,1-3H3/b21-18-,22-19-,23-20-,27-26-. The number of ether oxygens (including phenoxy) is 3. The molecule has 0 saturated carbocycles. The van der Waals surface area contributed by atoms with Crippen molar-refractivity contribution in [3.8, 4) is 0 Å². The second-order valence-corrected chi connectivity index (χ2v) is 16.7. The Morgan fingerprint density at radius 2 is 0.610 bits per heavy atom. The molecule has 342 valence electrons. The molecule has 0 aliphatic rings. The lowest BCUT2D eigenvalue weighted by Gasteiger charge is -2.18. The minimum absolute atomic E-state index is 0.0850. The van der Waals surface area contributed by atoms with Gasteiger partial charge in [-0.1, -0.05) is 179 Å². The van der Waals surface area contributed by atoms with Gasteiger partial charge in [0.05, 0.1) is 0 Å².